The summed E-state index contributed by atoms with van der Waals surface area (Å²) in [6, 6.07) is 13.5. The van der Waals surface area contributed by atoms with Crippen molar-refractivity contribution in [1.82, 2.24) is 9.80 Å². The van der Waals surface area contributed by atoms with Gasteiger partial charge in [-0.3, -0.25) is 4.79 Å². The molecule has 2 aromatic carbocycles. The lowest BCUT2D eigenvalue weighted by Gasteiger charge is -2.38. The summed E-state index contributed by atoms with van der Waals surface area (Å²) in [4.78, 5) is 17.7. The van der Waals surface area contributed by atoms with Crippen molar-refractivity contribution in [2.24, 2.45) is 11.1 Å². The zero-order valence-electron chi connectivity index (χ0n) is 18.9. The molecule has 2 heterocycles. The van der Waals surface area contributed by atoms with Crippen LogP contribution in [-0.4, -0.2) is 49.0 Å². The summed E-state index contributed by atoms with van der Waals surface area (Å²) in [5, 5.41) is 1.09. The fourth-order valence-electron chi connectivity index (χ4n) is 4.89. The fourth-order valence-corrected chi connectivity index (χ4v) is 5.20. The smallest absolute Gasteiger partial charge is 0.229 e. The molecule has 2 aliphatic rings. The second kappa shape index (κ2) is 11.3. The van der Waals surface area contributed by atoms with E-state index >= 15 is 0 Å². The molecule has 1 unspecified atom stereocenters. The number of halogens is 3. The molecule has 4 rings (SSSR count). The summed E-state index contributed by atoms with van der Waals surface area (Å²) < 4.78 is 5.23. The molecule has 2 N–H and O–H groups in total. The van der Waals surface area contributed by atoms with Gasteiger partial charge in [0.2, 0.25) is 5.91 Å². The van der Waals surface area contributed by atoms with Gasteiger partial charge in [0.05, 0.1) is 22.6 Å². The highest BCUT2D eigenvalue weighted by molar-refractivity contribution is 6.42. The molecule has 0 saturated carbocycles. The molecule has 0 aliphatic carbocycles. The van der Waals surface area contributed by atoms with E-state index in [9.17, 15) is 4.79 Å². The van der Waals surface area contributed by atoms with Crippen LogP contribution in [0.2, 0.25) is 10.0 Å². The van der Waals surface area contributed by atoms with E-state index in [-0.39, 0.29) is 23.9 Å². The number of methoxy groups -OCH3 is 1. The highest BCUT2D eigenvalue weighted by Crippen LogP contribution is 2.42. The first-order valence-electron chi connectivity index (χ1n) is 11.3. The Morgan fingerprint density at radius 1 is 1.03 bits per heavy atom. The molecule has 33 heavy (non-hydrogen) atoms. The fraction of sp³-hybridized carbons (Fsp3) is 0.480. The van der Waals surface area contributed by atoms with Crippen LogP contribution in [0.3, 0.4) is 0 Å². The molecule has 2 aliphatic heterocycles. The molecule has 2 aromatic rings. The topological polar surface area (TPSA) is 58.8 Å². The third kappa shape index (κ3) is 5.95. The van der Waals surface area contributed by atoms with E-state index in [4.69, 9.17) is 33.7 Å². The minimum atomic E-state index is -0.186. The van der Waals surface area contributed by atoms with Gasteiger partial charge in [0.1, 0.15) is 5.75 Å². The van der Waals surface area contributed by atoms with Gasteiger partial charge in [-0.25, -0.2) is 0 Å². The Kier molecular flexibility index (Phi) is 8.93. The zero-order chi connectivity index (χ0) is 22.7. The van der Waals surface area contributed by atoms with Gasteiger partial charge >= 0.3 is 0 Å². The Morgan fingerprint density at radius 2 is 1.70 bits per heavy atom. The van der Waals surface area contributed by atoms with Crippen LogP contribution >= 0.6 is 35.6 Å². The predicted octanol–water partition coefficient (Wildman–Crippen LogP) is 5.33. The number of piperidine rings is 1. The molecule has 1 amide bonds. The lowest BCUT2D eigenvalue weighted by Crippen LogP contribution is -2.45. The van der Waals surface area contributed by atoms with E-state index < -0.39 is 0 Å². The van der Waals surface area contributed by atoms with Crippen LogP contribution in [0.15, 0.2) is 42.5 Å². The molecule has 1 atom stereocenters. The first kappa shape index (κ1) is 26.1. The molecule has 0 bridgehead atoms. The summed E-state index contributed by atoms with van der Waals surface area (Å²) in [5.41, 5.74) is 8.35. The van der Waals surface area contributed by atoms with E-state index in [2.05, 4.69) is 4.90 Å². The normalized spacial score (nSPS) is 18.9. The molecule has 2 fully saturated rings. The first-order chi connectivity index (χ1) is 15.4. The minimum Gasteiger partial charge on any atom is -0.497 e. The van der Waals surface area contributed by atoms with Gasteiger partial charge in [-0.2, -0.15) is 0 Å². The SMILES string of the molecule is COc1ccc(CN2CCC3(CCN(CCC(N)c4ccc(Cl)c(Cl)c4)CC3)C2=O)cc1.Cl. The summed E-state index contributed by atoms with van der Waals surface area (Å²) in [5.74, 6) is 1.16. The maximum Gasteiger partial charge on any atom is 0.229 e. The number of nitrogens with two attached hydrogens (primary N) is 1. The Labute approximate surface area is 212 Å². The van der Waals surface area contributed by atoms with Crippen LogP contribution < -0.4 is 10.5 Å². The van der Waals surface area contributed by atoms with E-state index in [1.807, 2.05) is 41.3 Å². The van der Waals surface area contributed by atoms with Gasteiger partial charge in [-0.15, -0.1) is 12.4 Å². The lowest BCUT2D eigenvalue weighted by atomic mass is 9.77. The molecule has 180 valence electrons. The van der Waals surface area contributed by atoms with Crippen molar-refractivity contribution in [2.75, 3.05) is 33.3 Å². The maximum absolute atomic E-state index is 13.3. The quantitative estimate of drug-likeness (QED) is 0.545. The summed E-state index contributed by atoms with van der Waals surface area (Å²) >= 11 is 12.1. The zero-order valence-corrected chi connectivity index (χ0v) is 21.3. The molecule has 1 spiro atoms. The van der Waals surface area contributed by atoms with E-state index in [1.54, 1.807) is 13.2 Å². The standard InChI is InChI=1S/C25H31Cl2N3O2.ClH/c1-32-20-5-2-18(3-6-20)17-30-15-11-25(24(30)31)9-13-29(14-10-25)12-8-23(28)19-4-7-21(26)22(27)16-19;/h2-7,16,23H,8-15,17,28H2,1H3;1H. The monoisotopic (exact) mass is 511 g/mol. The van der Waals surface area contributed by atoms with Crippen LogP contribution in [0.1, 0.15) is 42.9 Å². The number of ether oxygens (including phenoxy) is 1. The number of amides is 1. The third-order valence-corrected chi connectivity index (χ3v) is 7.81. The predicted molar refractivity (Wildman–Crippen MR) is 136 cm³/mol. The van der Waals surface area contributed by atoms with Crippen molar-refractivity contribution < 1.29 is 9.53 Å². The number of hydrogen-bond acceptors (Lipinski definition) is 4. The number of hydrogen-bond donors (Lipinski definition) is 1. The maximum atomic E-state index is 13.3. The molecule has 5 nitrogen and oxygen atoms in total. The van der Waals surface area contributed by atoms with Crippen molar-refractivity contribution in [3.8, 4) is 5.75 Å². The van der Waals surface area contributed by atoms with Gasteiger partial charge in [0.15, 0.2) is 0 Å². The number of likely N-dealkylation sites (tertiary alicyclic amines) is 2. The van der Waals surface area contributed by atoms with Gasteiger partial charge in [0, 0.05) is 19.1 Å². The third-order valence-electron chi connectivity index (χ3n) is 7.07. The molecular weight excluding hydrogens is 481 g/mol. The Bertz CT molecular complexity index is 946. The highest BCUT2D eigenvalue weighted by Gasteiger charge is 2.47. The van der Waals surface area contributed by atoms with Gasteiger partial charge in [0.25, 0.3) is 0 Å². The van der Waals surface area contributed by atoms with E-state index in [1.165, 1.54) is 0 Å². The second-order valence-electron chi connectivity index (χ2n) is 9.02. The van der Waals surface area contributed by atoms with Crippen LogP contribution in [-0.2, 0) is 11.3 Å². The number of nitrogens with zero attached hydrogens (tertiary/aromatic N) is 2. The highest BCUT2D eigenvalue weighted by atomic mass is 35.5. The summed E-state index contributed by atoms with van der Waals surface area (Å²) in [7, 11) is 1.66. The molecule has 0 aromatic heterocycles. The second-order valence-corrected chi connectivity index (χ2v) is 9.83. The Morgan fingerprint density at radius 3 is 2.33 bits per heavy atom. The van der Waals surface area contributed by atoms with Crippen LogP contribution in [0.5, 0.6) is 5.75 Å². The number of carbonyl (C=O) groups is 1. The van der Waals surface area contributed by atoms with Crippen molar-refractivity contribution in [3.63, 3.8) is 0 Å². The van der Waals surface area contributed by atoms with Crippen molar-refractivity contribution in [1.29, 1.82) is 0 Å². The Hall–Kier alpha value is -1.50. The van der Waals surface area contributed by atoms with Crippen LogP contribution in [0, 0.1) is 5.41 Å². The van der Waals surface area contributed by atoms with Gasteiger partial charge < -0.3 is 20.3 Å². The van der Waals surface area contributed by atoms with Crippen molar-refractivity contribution in [2.45, 2.75) is 38.3 Å². The Balaban J connectivity index is 0.00000306. The number of carbonyl (C=O) groups excluding carboxylic acids is 1. The molecule has 0 radical (unpaired) electrons. The number of rotatable bonds is 7. The van der Waals surface area contributed by atoms with Gasteiger partial charge in [-0.1, -0.05) is 41.4 Å². The van der Waals surface area contributed by atoms with Crippen molar-refractivity contribution >= 4 is 41.5 Å². The first-order valence-corrected chi connectivity index (χ1v) is 12.0. The average Bonchev–Trinajstić information content (AvgIpc) is 3.10. The van der Waals surface area contributed by atoms with Crippen molar-refractivity contribution in [3.05, 3.63) is 63.6 Å². The molecule has 8 heteroatoms. The average molecular weight is 513 g/mol. The van der Waals surface area contributed by atoms with Gasteiger partial charge in [-0.05, 0) is 80.7 Å². The molecular formula is C25H32Cl3N3O2. The van der Waals surface area contributed by atoms with Crippen LogP contribution in [0.4, 0.5) is 0 Å². The largest absolute Gasteiger partial charge is 0.497 e. The van der Waals surface area contributed by atoms with Crippen LogP contribution in [0.25, 0.3) is 0 Å². The number of benzene rings is 2. The summed E-state index contributed by atoms with van der Waals surface area (Å²) in [6.45, 7) is 4.31. The lowest BCUT2D eigenvalue weighted by molar-refractivity contribution is -0.138. The summed E-state index contributed by atoms with van der Waals surface area (Å²) in [6.07, 6.45) is 3.65. The van der Waals surface area contributed by atoms with E-state index in [0.29, 0.717) is 22.5 Å². The van der Waals surface area contributed by atoms with E-state index in [0.717, 1.165) is 68.7 Å². The minimum absolute atomic E-state index is 0. The molecule has 2 saturated heterocycles.